The van der Waals surface area contributed by atoms with E-state index in [-0.39, 0.29) is 5.78 Å². The minimum Gasteiger partial charge on any atom is -0.301 e. The van der Waals surface area contributed by atoms with Gasteiger partial charge < -0.3 is 5.43 Å². The van der Waals surface area contributed by atoms with Gasteiger partial charge in [-0.05, 0) is 41.9 Å². The molecule has 0 spiro atoms. The van der Waals surface area contributed by atoms with Crippen molar-refractivity contribution < 1.29 is 9.59 Å². The maximum atomic E-state index is 12.8. The smallest absolute Gasteiger partial charge is 0.173 e. The zero-order chi connectivity index (χ0) is 18.2. The van der Waals surface area contributed by atoms with Gasteiger partial charge in [-0.3, -0.25) is 14.6 Å². The van der Waals surface area contributed by atoms with Crippen LogP contribution in [0.3, 0.4) is 0 Å². The molecule has 6 heteroatoms. The maximum Gasteiger partial charge on any atom is 0.173 e. The fourth-order valence-corrected chi connectivity index (χ4v) is 3.34. The van der Waals surface area contributed by atoms with E-state index in [1.165, 1.54) is 0 Å². The molecule has 1 atom stereocenters. The maximum absolute atomic E-state index is 12.8. The number of carbonyl (C=O) groups is 2. The van der Waals surface area contributed by atoms with E-state index in [9.17, 15) is 14.9 Å². The normalized spacial score (nSPS) is 19.4. The van der Waals surface area contributed by atoms with Crippen LogP contribution >= 0.6 is 15.9 Å². The second-order valence-corrected chi connectivity index (χ2v) is 7.32. The van der Waals surface area contributed by atoms with E-state index < -0.39 is 11.3 Å². The van der Waals surface area contributed by atoms with Gasteiger partial charge in [0.05, 0.1) is 28.7 Å². The number of hydrogen-bond donors (Lipinski definition) is 1. The van der Waals surface area contributed by atoms with E-state index >= 15 is 0 Å². The van der Waals surface area contributed by atoms with E-state index in [0.717, 1.165) is 11.9 Å². The van der Waals surface area contributed by atoms with Crippen LogP contribution in [-0.2, 0) is 4.79 Å². The molecule has 1 aliphatic heterocycles. The summed E-state index contributed by atoms with van der Waals surface area (Å²) in [5, 5.41) is 11.0. The largest absolute Gasteiger partial charge is 0.301 e. The molecule has 0 radical (unpaired) electrons. The second-order valence-electron chi connectivity index (χ2n) is 6.47. The molecule has 1 aromatic carbocycles. The highest BCUT2D eigenvalue weighted by Crippen LogP contribution is 2.37. The van der Waals surface area contributed by atoms with Crippen LogP contribution in [0.15, 0.2) is 58.4 Å². The number of nitrogens with zero attached hydrogens (tertiary/aromatic N) is 2. The predicted molar refractivity (Wildman–Crippen MR) is 98.3 cm³/mol. The van der Waals surface area contributed by atoms with Crippen molar-refractivity contribution in [2.45, 2.75) is 13.8 Å². The van der Waals surface area contributed by atoms with Crippen molar-refractivity contribution in [1.82, 2.24) is 5.43 Å². The van der Waals surface area contributed by atoms with Crippen molar-refractivity contribution in [1.29, 1.82) is 5.26 Å². The molecule has 0 saturated carbocycles. The SMILES string of the molecule is CC(C)(C#N)C1C=CC2=CN(c3cccc(Br)c3C=O)NC=C2C1=O. The molecule has 5 nitrogen and oxygen atoms in total. The first kappa shape index (κ1) is 17.2. The van der Waals surface area contributed by atoms with E-state index in [2.05, 4.69) is 27.4 Å². The Bertz CT molecular complexity index is 890. The number of hydrogen-bond acceptors (Lipinski definition) is 5. The molecular weight excluding hydrogens is 382 g/mol. The van der Waals surface area contributed by atoms with Gasteiger partial charge in [-0.25, -0.2) is 0 Å². The van der Waals surface area contributed by atoms with Crippen molar-refractivity contribution >= 4 is 33.7 Å². The van der Waals surface area contributed by atoms with E-state index in [4.69, 9.17) is 0 Å². The Morgan fingerprint density at radius 2 is 2.16 bits per heavy atom. The van der Waals surface area contributed by atoms with Gasteiger partial charge in [0.1, 0.15) is 0 Å². The molecule has 25 heavy (non-hydrogen) atoms. The van der Waals surface area contributed by atoms with E-state index in [1.807, 2.05) is 18.2 Å². The molecule has 0 fully saturated rings. The number of allylic oxidation sites excluding steroid dienone is 4. The minimum atomic E-state index is -0.772. The molecule has 0 saturated heterocycles. The number of rotatable bonds is 3. The Kier molecular flexibility index (Phi) is 4.36. The van der Waals surface area contributed by atoms with Gasteiger partial charge in [-0.1, -0.05) is 18.2 Å². The number of Topliss-reactive ketones (excluding diaryl/α,β-unsaturated/α-hetero) is 1. The van der Waals surface area contributed by atoms with Crippen LogP contribution in [-0.4, -0.2) is 12.1 Å². The molecule has 126 valence electrons. The Morgan fingerprint density at radius 1 is 1.40 bits per heavy atom. The van der Waals surface area contributed by atoms with E-state index in [1.54, 1.807) is 43.4 Å². The lowest BCUT2D eigenvalue weighted by Gasteiger charge is -2.33. The van der Waals surface area contributed by atoms with Crippen LogP contribution < -0.4 is 10.4 Å². The lowest BCUT2D eigenvalue weighted by molar-refractivity contribution is -0.119. The van der Waals surface area contributed by atoms with Gasteiger partial charge in [-0.15, -0.1) is 0 Å². The molecule has 1 heterocycles. The summed E-state index contributed by atoms with van der Waals surface area (Å²) in [5.41, 5.74) is 4.73. The van der Waals surface area contributed by atoms with Crippen LogP contribution in [0, 0.1) is 22.7 Å². The van der Waals surface area contributed by atoms with Crippen LogP contribution in [0.1, 0.15) is 24.2 Å². The average molecular weight is 398 g/mol. The van der Waals surface area contributed by atoms with Crippen molar-refractivity contribution in [3.63, 3.8) is 0 Å². The summed E-state index contributed by atoms with van der Waals surface area (Å²) in [4.78, 5) is 24.1. The fourth-order valence-electron chi connectivity index (χ4n) is 2.89. The third-order valence-electron chi connectivity index (χ3n) is 4.42. The van der Waals surface area contributed by atoms with E-state index in [0.29, 0.717) is 21.3 Å². The minimum absolute atomic E-state index is 0.0858. The number of ketones is 1. The summed E-state index contributed by atoms with van der Waals surface area (Å²) in [7, 11) is 0. The number of aldehydes is 1. The number of halogens is 1. The summed E-state index contributed by atoms with van der Waals surface area (Å²) >= 11 is 3.37. The molecule has 0 aromatic heterocycles. The molecule has 1 unspecified atom stereocenters. The third kappa shape index (κ3) is 2.92. The number of nitriles is 1. The zero-order valence-corrected chi connectivity index (χ0v) is 15.4. The highest BCUT2D eigenvalue weighted by Gasteiger charge is 2.38. The van der Waals surface area contributed by atoms with Gasteiger partial charge in [0.15, 0.2) is 12.1 Å². The lowest BCUT2D eigenvalue weighted by Crippen LogP contribution is -2.38. The number of carbonyl (C=O) groups excluding carboxylic acids is 2. The Hall–Kier alpha value is -2.65. The van der Waals surface area contributed by atoms with Crippen LogP contribution in [0.25, 0.3) is 0 Å². The Balaban J connectivity index is 1.99. The van der Waals surface area contributed by atoms with Crippen molar-refractivity contribution in [3.05, 3.63) is 63.9 Å². The molecular formula is C19H16BrN3O2. The third-order valence-corrected chi connectivity index (χ3v) is 5.11. The van der Waals surface area contributed by atoms with Crippen molar-refractivity contribution in [3.8, 4) is 6.07 Å². The second kappa shape index (κ2) is 6.34. The predicted octanol–water partition coefficient (Wildman–Crippen LogP) is 3.66. The summed E-state index contributed by atoms with van der Waals surface area (Å²) in [5.74, 6) is -0.567. The van der Waals surface area contributed by atoms with Crippen LogP contribution in [0.5, 0.6) is 0 Å². The van der Waals surface area contributed by atoms with Gasteiger partial charge in [-0.2, -0.15) is 5.26 Å². The zero-order valence-electron chi connectivity index (χ0n) is 13.8. The summed E-state index contributed by atoms with van der Waals surface area (Å²) < 4.78 is 0.695. The van der Waals surface area contributed by atoms with Crippen LogP contribution in [0.4, 0.5) is 5.69 Å². The summed E-state index contributed by atoms with van der Waals surface area (Å²) in [6.07, 6.45) is 7.81. The molecule has 3 rings (SSSR count). The Morgan fingerprint density at radius 3 is 2.84 bits per heavy atom. The molecule has 0 amide bonds. The average Bonchev–Trinajstić information content (AvgIpc) is 2.61. The van der Waals surface area contributed by atoms with Gasteiger partial charge in [0, 0.05) is 28.0 Å². The summed E-state index contributed by atoms with van der Waals surface area (Å²) in [6.45, 7) is 3.52. The number of fused-ring (bicyclic) bond motifs is 1. The molecule has 2 aliphatic rings. The standard InChI is InChI=1S/C19H16BrN3O2/c1-19(2,11-21)15-7-6-12-9-23(22-8-13(12)18(15)25)17-5-3-4-16(20)14(17)10-24/h3-10,15,22H,1-2H3. The lowest BCUT2D eigenvalue weighted by atomic mass is 9.72. The van der Waals surface area contributed by atoms with Crippen molar-refractivity contribution in [2.24, 2.45) is 11.3 Å². The first-order valence-corrected chi connectivity index (χ1v) is 8.53. The number of nitrogens with one attached hydrogen (secondary N) is 1. The van der Waals surface area contributed by atoms with Gasteiger partial charge in [0.25, 0.3) is 0 Å². The first-order chi connectivity index (χ1) is 11.9. The number of benzene rings is 1. The number of anilines is 1. The molecule has 1 aromatic rings. The molecule has 1 N–H and O–H groups in total. The van der Waals surface area contributed by atoms with Crippen LogP contribution in [0.2, 0.25) is 0 Å². The summed E-state index contributed by atoms with van der Waals surface area (Å²) in [6, 6.07) is 7.64. The molecule has 1 aliphatic carbocycles. The highest BCUT2D eigenvalue weighted by atomic mass is 79.9. The molecule has 0 bridgehead atoms. The van der Waals surface area contributed by atoms with Gasteiger partial charge >= 0.3 is 0 Å². The quantitative estimate of drug-likeness (QED) is 0.787. The Labute approximate surface area is 154 Å². The van der Waals surface area contributed by atoms with Crippen molar-refractivity contribution in [2.75, 3.05) is 5.01 Å². The van der Waals surface area contributed by atoms with Gasteiger partial charge in [0.2, 0.25) is 0 Å². The monoisotopic (exact) mass is 397 g/mol. The number of hydrazine groups is 1. The highest BCUT2D eigenvalue weighted by molar-refractivity contribution is 9.10. The fraction of sp³-hybridized carbons (Fsp3) is 0.211. The topological polar surface area (TPSA) is 73.2 Å². The first-order valence-electron chi connectivity index (χ1n) is 7.74.